The minimum atomic E-state index is -0.384. The van der Waals surface area contributed by atoms with E-state index in [1.165, 1.54) is 5.56 Å². The topological polar surface area (TPSA) is 74.0 Å². The van der Waals surface area contributed by atoms with Gasteiger partial charge in [0.05, 0.1) is 13.2 Å². The van der Waals surface area contributed by atoms with Gasteiger partial charge in [-0.05, 0) is 53.3 Å². The van der Waals surface area contributed by atoms with E-state index in [1.807, 2.05) is 12.1 Å². The fourth-order valence-corrected chi connectivity index (χ4v) is 4.31. The number of benzene rings is 2. The molecule has 0 saturated heterocycles. The van der Waals surface area contributed by atoms with Crippen molar-refractivity contribution in [1.29, 1.82) is 0 Å². The van der Waals surface area contributed by atoms with Crippen molar-refractivity contribution in [2.75, 3.05) is 20.4 Å². The monoisotopic (exact) mass is 338 g/mol. The Labute approximate surface area is 145 Å². The van der Waals surface area contributed by atoms with Crippen molar-refractivity contribution in [1.82, 2.24) is 4.90 Å². The molecule has 1 aliphatic carbocycles. The third kappa shape index (κ3) is 1.94. The second-order valence-corrected chi connectivity index (χ2v) is 6.58. The average molecular weight is 338 g/mol. The highest BCUT2D eigenvalue weighted by Gasteiger charge is 2.39. The zero-order valence-corrected chi connectivity index (χ0v) is 13.9. The lowest BCUT2D eigenvalue weighted by Crippen LogP contribution is -2.45. The molecule has 6 heteroatoms. The van der Waals surface area contributed by atoms with Crippen molar-refractivity contribution in [2.45, 2.75) is 18.9 Å². The Bertz CT molecular complexity index is 909. The molecule has 0 bridgehead atoms. The molecule has 0 radical (unpaired) electrons. The zero-order valence-electron chi connectivity index (χ0n) is 13.9. The summed E-state index contributed by atoms with van der Waals surface area (Å²) in [5.41, 5.74) is 11.3. The Hall–Kier alpha value is -2.89. The third-order valence-electron chi connectivity index (χ3n) is 5.40. The van der Waals surface area contributed by atoms with Gasteiger partial charge in [-0.2, -0.15) is 0 Å². The van der Waals surface area contributed by atoms with Crippen LogP contribution in [-0.4, -0.2) is 31.4 Å². The van der Waals surface area contributed by atoms with E-state index >= 15 is 0 Å². The predicted octanol–water partition coefficient (Wildman–Crippen LogP) is 2.62. The molecule has 3 aliphatic rings. The summed E-state index contributed by atoms with van der Waals surface area (Å²) in [5.74, 6) is 2.35. The quantitative estimate of drug-likeness (QED) is 0.867. The van der Waals surface area contributed by atoms with Gasteiger partial charge >= 0.3 is 6.03 Å². The summed E-state index contributed by atoms with van der Waals surface area (Å²) < 4.78 is 16.8. The van der Waals surface area contributed by atoms with Crippen LogP contribution in [0.15, 0.2) is 24.3 Å². The average Bonchev–Trinajstić information content (AvgIpc) is 3.09. The summed E-state index contributed by atoms with van der Waals surface area (Å²) in [4.78, 5) is 13.8. The highest BCUT2D eigenvalue weighted by Crippen LogP contribution is 2.54. The molecular formula is C19H18N2O4. The Balaban J connectivity index is 1.81. The number of carbonyl (C=O) groups excluding carboxylic acids is 1. The number of hydrogen-bond donors (Lipinski definition) is 1. The second kappa shape index (κ2) is 5.05. The number of nitrogens with two attached hydrogens (primary N) is 1. The molecule has 0 saturated carbocycles. The maximum Gasteiger partial charge on any atom is 0.315 e. The van der Waals surface area contributed by atoms with Gasteiger partial charge in [0.1, 0.15) is 5.75 Å². The Morgan fingerprint density at radius 2 is 2.16 bits per heavy atom. The maximum absolute atomic E-state index is 12.0. The highest BCUT2D eigenvalue weighted by molar-refractivity contribution is 5.85. The van der Waals surface area contributed by atoms with E-state index in [-0.39, 0.29) is 18.9 Å². The number of fused-ring (bicyclic) bond motifs is 4. The lowest BCUT2D eigenvalue weighted by atomic mass is 9.76. The predicted molar refractivity (Wildman–Crippen MR) is 91.0 cm³/mol. The number of primary amides is 1. The molecule has 1 atom stereocenters. The molecule has 2 aromatic carbocycles. The van der Waals surface area contributed by atoms with E-state index in [1.54, 1.807) is 12.0 Å². The molecule has 6 nitrogen and oxygen atoms in total. The van der Waals surface area contributed by atoms with E-state index in [0.717, 1.165) is 52.3 Å². The molecule has 0 aromatic heterocycles. The molecule has 2 amide bonds. The van der Waals surface area contributed by atoms with Gasteiger partial charge in [0.15, 0.2) is 11.5 Å². The first kappa shape index (κ1) is 14.5. The molecule has 2 heterocycles. The molecule has 5 rings (SSSR count). The van der Waals surface area contributed by atoms with Crippen molar-refractivity contribution in [3.8, 4) is 28.4 Å². The van der Waals surface area contributed by atoms with Gasteiger partial charge in [0, 0.05) is 12.1 Å². The van der Waals surface area contributed by atoms with Crippen LogP contribution in [0.1, 0.15) is 22.7 Å². The van der Waals surface area contributed by atoms with Gasteiger partial charge in [-0.3, -0.25) is 0 Å². The standard InChI is InChI=1S/C19H18N2O4/c1-23-12-2-3-13-11(6-12)7-14-16-10(4-5-21(14)19(20)22)8-15-18(17(13)16)25-9-24-15/h2-3,6,8,14H,4-5,7,9H2,1H3,(H2,20,22)/t14-/m1/s1. The summed E-state index contributed by atoms with van der Waals surface area (Å²) in [6, 6.07) is 7.64. The SMILES string of the molecule is COc1ccc2c(c1)C[C@@H]1c3c(cc4c(c3-2)OCO4)CCN1C(N)=O. The molecule has 2 aromatic rings. The van der Waals surface area contributed by atoms with Gasteiger partial charge in [-0.1, -0.05) is 6.07 Å². The Morgan fingerprint density at radius 1 is 1.28 bits per heavy atom. The lowest BCUT2D eigenvalue weighted by Gasteiger charge is -2.41. The third-order valence-corrected chi connectivity index (χ3v) is 5.40. The number of ether oxygens (including phenoxy) is 3. The molecule has 2 N–H and O–H groups in total. The van der Waals surface area contributed by atoms with Crippen molar-refractivity contribution in [2.24, 2.45) is 5.73 Å². The van der Waals surface area contributed by atoms with Crippen LogP contribution in [-0.2, 0) is 12.8 Å². The summed E-state index contributed by atoms with van der Waals surface area (Å²) in [6.07, 6.45) is 1.49. The van der Waals surface area contributed by atoms with E-state index < -0.39 is 0 Å². The van der Waals surface area contributed by atoms with Crippen LogP contribution in [0, 0.1) is 0 Å². The maximum atomic E-state index is 12.0. The summed E-state index contributed by atoms with van der Waals surface area (Å²) >= 11 is 0. The first-order valence-electron chi connectivity index (χ1n) is 8.36. The normalized spacial score (nSPS) is 19.2. The van der Waals surface area contributed by atoms with Crippen LogP contribution in [0.4, 0.5) is 4.79 Å². The Morgan fingerprint density at radius 3 is 2.96 bits per heavy atom. The molecule has 0 fully saturated rings. The number of methoxy groups -OCH3 is 1. The fraction of sp³-hybridized carbons (Fsp3) is 0.316. The highest BCUT2D eigenvalue weighted by atomic mass is 16.7. The number of amides is 2. The number of nitrogens with zero attached hydrogens (tertiary/aromatic N) is 1. The zero-order chi connectivity index (χ0) is 17.1. The summed E-state index contributed by atoms with van der Waals surface area (Å²) in [5, 5.41) is 0. The largest absolute Gasteiger partial charge is 0.497 e. The van der Waals surface area contributed by atoms with Crippen LogP contribution in [0.3, 0.4) is 0 Å². The molecular weight excluding hydrogens is 320 g/mol. The van der Waals surface area contributed by atoms with E-state index in [9.17, 15) is 4.79 Å². The van der Waals surface area contributed by atoms with Crippen molar-refractivity contribution >= 4 is 6.03 Å². The molecule has 25 heavy (non-hydrogen) atoms. The first-order chi connectivity index (χ1) is 12.2. The van der Waals surface area contributed by atoms with Gasteiger partial charge in [-0.15, -0.1) is 0 Å². The van der Waals surface area contributed by atoms with Crippen LogP contribution < -0.4 is 19.9 Å². The van der Waals surface area contributed by atoms with Crippen molar-refractivity contribution in [3.63, 3.8) is 0 Å². The van der Waals surface area contributed by atoms with E-state index in [0.29, 0.717) is 6.54 Å². The van der Waals surface area contributed by atoms with Crippen LogP contribution in [0.25, 0.3) is 11.1 Å². The van der Waals surface area contributed by atoms with E-state index in [2.05, 4.69) is 12.1 Å². The minimum Gasteiger partial charge on any atom is -0.497 e. The molecule has 0 unspecified atom stereocenters. The van der Waals surface area contributed by atoms with Crippen molar-refractivity contribution in [3.05, 3.63) is 41.0 Å². The minimum absolute atomic E-state index is 0.0784. The fourth-order valence-electron chi connectivity index (χ4n) is 4.31. The van der Waals surface area contributed by atoms with Crippen LogP contribution >= 0.6 is 0 Å². The first-order valence-corrected chi connectivity index (χ1v) is 8.36. The molecule has 2 aliphatic heterocycles. The number of rotatable bonds is 1. The number of carbonyl (C=O) groups is 1. The van der Waals surface area contributed by atoms with E-state index in [4.69, 9.17) is 19.9 Å². The smallest absolute Gasteiger partial charge is 0.315 e. The van der Waals surface area contributed by atoms with Gasteiger partial charge in [-0.25, -0.2) is 4.79 Å². The van der Waals surface area contributed by atoms with Crippen molar-refractivity contribution < 1.29 is 19.0 Å². The molecule has 128 valence electrons. The van der Waals surface area contributed by atoms with Gasteiger partial charge in [0.25, 0.3) is 0 Å². The second-order valence-electron chi connectivity index (χ2n) is 6.58. The van der Waals surface area contributed by atoms with Gasteiger partial charge in [0.2, 0.25) is 6.79 Å². The van der Waals surface area contributed by atoms with Crippen LogP contribution in [0.2, 0.25) is 0 Å². The molecule has 0 spiro atoms. The summed E-state index contributed by atoms with van der Waals surface area (Å²) in [6.45, 7) is 0.840. The lowest BCUT2D eigenvalue weighted by molar-refractivity contribution is 0.173. The number of hydrogen-bond acceptors (Lipinski definition) is 4. The number of urea groups is 1. The Kier molecular flexibility index (Phi) is 2.92. The van der Waals surface area contributed by atoms with Gasteiger partial charge < -0.3 is 24.8 Å². The summed E-state index contributed by atoms with van der Waals surface area (Å²) in [7, 11) is 1.65. The van der Waals surface area contributed by atoms with Crippen LogP contribution in [0.5, 0.6) is 17.2 Å².